The maximum absolute atomic E-state index is 6.01. The van der Waals surface area contributed by atoms with Crippen molar-refractivity contribution in [3.8, 4) is 0 Å². The van der Waals surface area contributed by atoms with Crippen LogP contribution in [0.5, 0.6) is 0 Å². The SMILES string of the molecule is CNc1ccccc1.Cc1ncccc1CCc1cc(Cl)ccc1I. The van der Waals surface area contributed by atoms with Gasteiger partial charge in [0.25, 0.3) is 0 Å². The van der Waals surface area contributed by atoms with Crippen molar-refractivity contribution in [3.05, 3.63) is 92.3 Å². The van der Waals surface area contributed by atoms with E-state index in [1.165, 1.54) is 14.7 Å². The highest BCUT2D eigenvalue weighted by atomic mass is 127. The van der Waals surface area contributed by atoms with Crippen LogP contribution in [0.25, 0.3) is 0 Å². The first-order chi connectivity index (χ1) is 12.1. The summed E-state index contributed by atoms with van der Waals surface area (Å²) in [5.41, 5.74) is 4.89. The lowest BCUT2D eigenvalue weighted by Gasteiger charge is -2.07. The molecule has 1 aromatic heterocycles. The number of pyridine rings is 1. The van der Waals surface area contributed by atoms with Crippen molar-refractivity contribution in [2.75, 3.05) is 12.4 Å². The third-order valence-electron chi connectivity index (χ3n) is 3.85. The fourth-order valence-electron chi connectivity index (χ4n) is 2.39. The van der Waals surface area contributed by atoms with Gasteiger partial charge in [0, 0.05) is 33.2 Å². The smallest absolute Gasteiger partial charge is 0.0409 e. The second kappa shape index (κ2) is 10.4. The van der Waals surface area contributed by atoms with E-state index in [9.17, 15) is 0 Å². The molecule has 0 unspecified atom stereocenters. The van der Waals surface area contributed by atoms with E-state index in [4.69, 9.17) is 11.6 Å². The van der Waals surface area contributed by atoms with E-state index < -0.39 is 0 Å². The fourth-order valence-corrected chi connectivity index (χ4v) is 3.19. The number of hydrogen-bond donors (Lipinski definition) is 1. The zero-order chi connectivity index (χ0) is 18.1. The molecule has 1 heterocycles. The Labute approximate surface area is 168 Å². The van der Waals surface area contributed by atoms with Crippen LogP contribution in [0.2, 0.25) is 5.02 Å². The summed E-state index contributed by atoms with van der Waals surface area (Å²) >= 11 is 8.37. The third-order valence-corrected chi connectivity index (χ3v) is 5.14. The maximum Gasteiger partial charge on any atom is 0.0409 e. The largest absolute Gasteiger partial charge is 0.388 e. The van der Waals surface area contributed by atoms with Gasteiger partial charge in [-0.2, -0.15) is 0 Å². The van der Waals surface area contributed by atoms with Gasteiger partial charge in [0.2, 0.25) is 0 Å². The number of aryl methyl sites for hydroxylation is 3. The summed E-state index contributed by atoms with van der Waals surface area (Å²) in [4.78, 5) is 4.30. The van der Waals surface area contributed by atoms with Crippen molar-refractivity contribution < 1.29 is 0 Å². The molecule has 1 N–H and O–H groups in total. The Kier molecular flexibility index (Phi) is 8.22. The first-order valence-electron chi connectivity index (χ1n) is 8.17. The average Bonchev–Trinajstić information content (AvgIpc) is 2.65. The summed E-state index contributed by atoms with van der Waals surface area (Å²) in [5.74, 6) is 0. The van der Waals surface area contributed by atoms with Crippen molar-refractivity contribution in [1.82, 2.24) is 4.98 Å². The zero-order valence-corrected chi connectivity index (χ0v) is 17.4. The minimum absolute atomic E-state index is 0.809. The van der Waals surface area contributed by atoms with Crippen LogP contribution in [-0.2, 0) is 12.8 Å². The third kappa shape index (κ3) is 6.67. The number of aromatic nitrogens is 1. The first-order valence-corrected chi connectivity index (χ1v) is 9.63. The minimum Gasteiger partial charge on any atom is -0.388 e. The van der Waals surface area contributed by atoms with Crippen LogP contribution in [0.15, 0.2) is 66.9 Å². The first kappa shape index (κ1) is 19.7. The van der Waals surface area contributed by atoms with Gasteiger partial charge in [-0.3, -0.25) is 4.98 Å². The number of para-hydroxylation sites is 1. The molecule has 0 saturated heterocycles. The highest BCUT2D eigenvalue weighted by molar-refractivity contribution is 14.1. The van der Waals surface area contributed by atoms with E-state index >= 15 is 0 Å². The number of halogens is 2. The summed E-state index contributed by atoms with van der Waals surface area (Å²) in [6, 6.07) is 20.2. The topological polar surface area (TPSA) is 24.9 Å². The van der Waals surface area contributed by atoms with Gasteiger partial charge in [0.15, 0.2) is 0 Å². The molecule has 0 fully saturated rings. The molecule has 0 bridgehead atoms. The highest BCUT2D eigenvalue weighted by Crippen LogP contribution is 2.20. The molecule has 25 heavy (non-hydrogen) atoms. The predicted octanol–water partition coefficient (Wildman–Crippen LogP) is 6.16. The fraction of sp³-hybridized carbons (Fsp3) is 0.190. The van der Waals surface area contributed by atoms with Crippen molar-refractivity contribution in [3.63, 3.8) is 0 Å². The zero-order valence-electron chi connectivity index (χ0n) is 14.5. The second-order valence-corrected chi connectivity index (χ2v) is 7.20. The molecule has 0 saturated carbocycles. The van der Waals surface area contributed by atoms with Crippen LogP contribution in [0.1, 0.15) is 16.8 Å². The van der Waals surface area contributed by atoms with Crippen LogP contribution in [0.4, 0.5) is 5.69 Å². The molecule has 2 nitrogen and oxygen atoms in total. The lowest BCUT2D eigenvalue weighted by atomic mass is 10.0. The summed E-state index contributed by atoms with van der Waals surface area (Å²) < 4.78 is 1.27. The molecular weight excluding hydrogens is 443 g/mol. The number of hydrogen-bond acceptors (Lipinski definition) is 2. The second-order valence-electron chi connectivity index (χ2n) is 5.60. The van der Waals surface area contributed by atoms with Crippen molar-refractivity contribution in [2.45, 2.75) is 19.8 Å². The monoisotopic (exact) mass is 464 g/mol. The summed E-state index contributed by atoms with van der Waals surface area (Å²) in [6.45, 7) is 2.05. The Morgan fingerprint density at radius 1 is 0.960 bits per heavy atom. The van der Waals surface area contributed by atoms with Gasteiger partial charge in [0.05, 0.1) is 0 Å². The molecular formula is C21H22ClIN2. The Hall–Kier alpha value is -1.59. The Bertz CT molecular complexity index is 791. The van der Waals surface area contributed by atoms with Gasteiger partial charge in [-0.05, 0) is 89.9 Å². The maximum atomic E-state index is 6.01. The van der Waals surface area contributed by atoms with Gasteiger partial charge in [-0.25, -0.2) is 0 Å². The summed E-state index contributed by atoms with van der Waals surface area (Å²) in [6.07, 6.45) is 3.85. The number of nitrogens with one attached hydrogen (secondary N) is 1. The molecule has 2 aromatic carbocycles. The van der Waals surface area contributed by atoms with Gasteiger partial charge in [-0.1, -0.05) is 35.9 Å². The lowest BCUT2D eigenvalue weighted by molar-refractivity contribution is 0.926. The number of anilines is 1. The normalized spacial score (nSPS) is 9.92. The van der Waals surface area contributed by atoms with E-state index in [1.807, 2.05) is 55.7 Å². The van der Waals surface area contributed by atoms with Gasteiger partial charge < -0.3 is 5.32 Å². The van der Waals surface area contributed by atoms with Crippen LogP contribution in [0, 0.1) is 10.5 Å². The van der Waals surface area contributed by atoms with Gasteiger partial charge >= 0.3 is 0 Å². The summed E-state index contributed by atoms with van der Waals surface area (Å²) in [5, 5.41) is 3.84. The van der Waals surface area contributed by atoms with Crippen LogP contribution in [-0.4, -0.2) is 12.0 Å². The molecule has 3 aromatic rings. The van der Waals surface area contributed by atoms with E-state index in [1.54, 1.807) is 0 Å². The van der Waals surface area contributed by atoms with Gasteiger partial charge in [-0.15, -0.1) is 0 Å². The van der Waals surface area contributed by atoms with Crippen molar-refractivity contribution in [2.24, 2.45) is 0 Å². The average molecular weight is 465 g/mol. The van der Waals surface area contributed by atoms with Crippen LogP contribution < -0.4 is 5.32 Å². The molecule has 0 aliphatic carbocycles. The van der Waals surface area contributed by atoms with E-state index in [-0.39, 0.29) is 0 Å². The molecule has 130 valence electrons. The Morgan fingerprint density at radius 3 is 2.32 bits per heavy atom. The molecule has 0 radical (unpaired) electrons. The number of nitrogens with zero attached hydrogens (tertiary/aromatic N) is 1. The minimum atomic E-state index is 0.809. The van der Waals surface area contributed by atoms with Gasteiger partial charge in [0.1, 0.15) is 0 Å². The van der Waals surface area contributed by atoms with E-state index in [0.29, 0.717) is 0 Å². The standard InChI is InChI=1S/C14H13ClIN.C7H9N/c1-10-11(3-2-8-17-10)4-5-12-9-13(15)6-7-14(12)16;1-8-7-5-3-2-4-6-7/h2-3,6-9H,4-5H2,1H3;2-6,8H,1H3. The van der Waals surface area contributed by atoms with E-state index in [2.05, 4.69) is 58.0 Å². The summed E-state index contributed by atoms with van der Waals surface area (Å²) in [7, 11) is 1.91. The van der Waals surface area contributed by atoms with Crippen molar-refractivity contribution in [1.29, 1.82) is 0 Å². The number of benzene rings is 2. The van der Waals surface area contributed by atoms with Crippen LogP contribution >= 0.6 is 34.2 Å². The molecule has 0 aliphatic rings. The molecule has 3 rings (SSSR count). The Balaban J connectivity index is 0.000000236. The molecule has 0 atom stereocenters. The van der Waals surface area contributed by atoms with Crippen LogP contribution in [0.3, 0.4) is 0 Å². The lowest BCUT2D eigenvalue weighted by Crippen LogP contribution is -1.97. The molecule has 0 aliphatic heterocycles. The quantitative estimate of drug-likeness (QED) is 0.468. The van der Waals surface area contributed by atoms with E-state index in [0.717, 1.165) is 29.2 Å². The number of rotatable bonds is 4. The Morgan fingerprint density at radius 2 is 1.68 bits per heavy atom. The molecule has 0 spiro atoms. The predicted molar refractivity (Wildman–Crippen MR) is 117 cm³/mol. The highest BCUT2D eigenvalue weighted by Gasteiger charge is 2.03. The van der Waals surface area contributed by atoms with Crippen molar-refractivity contribution >= 4 is 39.9 Å². The molecule has 0 amide bonds. The molecule has 4 heteroatoms.